The van der Waals surface area contributed by atoms with Gasteiger partial charge in [0, 0.05) is 11.1 Å². The summed E-state index contributed by atoms with van der Waals surface area (Å²) in [5.41, 5.74) is 0.606. The molecule has 0 saturated heterocycles. The molecule has 0 bridgehead atoms. The number of phenolic OH excluding ortho intramolecular Hbond substituents is 1. The molecule has 352 valence electrons. The van der Waals surface area contributed by atoms with E-state index in [0.717, 1.165) is 56.4 Å². The Morgan fingerprint density at radius 2 is 1.02 bits per heavy atom. The number of halogens is 7. The molecule has 0 fully saturated rings. The summed E-state index contributed by atoms with van der Waals surface area (Å²) in [5, 5.41) is 13.8. The number of benzene rings is 4. The summed E-state index contributed by atoms with van der Waals surface area (Å²) in [6.07, 6.45) is 6.26. The van der Waals surface area contributed by atoms with Crippen LogP contribution in [0.25, 0.3) is 0 Å². The summed E-state index contributed by atoms with van der Waals surface area (Å²) in [6.45, 7) is 2.03. The summed E-state index contributed by atoms with van der Waals surface area (Å²) in [4.78, 5) is 49.5. The van der Waals surface area contributed by atoms with Crippen molar-refractivity contribution < 1.29 is 64.8 Å². The van der Waals surface area contributed by atoms with Crippen LogP contribution < -0.4 is 24.8 Å². The van der Waals surface area contributed by atoms with Crippen LogP contribution in [-0.4, -0.2) is 79.6 Å². The van der Waals surface area contributed by atoms with Gasteiger partial charge in [-0.15, -0.1) is 11.6 Å². The molecule has 17 heteroatoms. The van der Waals surface area contributed by atoms with Crippen LogP contribution in [0.15, 0.2) is 84.9 Å². The Hall–Kier alpha value is -5.77. The highest BCUT2D eigenvalue weighted by Crippen LogP contribution is 2.22. The Labute approximate surface area is 375 Å². The number of hydrogen-bond acceptors (Lipinski definition) is 8. The molecular formula is C47H57ClF6N2O8. The first-order chi connectivity index (χ1) is 30.3. The van der Waals surface area contributed by atoms with Crippen LogP contribution in [0.3, 0.4) is 0 Å². The second-order valence-electron chi connectivity index (χ2n) is 13.7. The zero-order valence-electron chi connectivity index (χ0n) is 35.1. The van der Waals surface area contributed by atoms with Crippen LogP contribution in [0.2, 0.25) is 0 Å². The number of rotatable bonds is 24. The van der Waals surface area contributed by atoms with Crippen molar-refractivity contribution in [3.05, 3.63) is 119 Å². The molecule has 0 spiro atoms. The monoisotopic (exact) mass is 926 g/mol. The van der Waals surface area contributed by atoms with Gasteiger partial charge in [-0.1, -0.05) is 84.1 Å². The van der Waals surface area contributed by atoms with Crippen molar-refractivity contribution in [2.75, 3.05) is 39.0 Å². The minimum Gasteiger partial charge on any atom is -0.503 e. The Kier molecular flexibility index (Phi) is 28.1. The number of carbonyl (C=O) groups excluding carboxylic acids is 4. The highest BCUT2D eigenvalue weighted by atomic mass is 35.5. The Balaban J connectivity index is 0.000000542. The molecule has 64 heavy (non-hydrogen) atoms. The van der Waals surface area contributed by atoms with E-state index in [1.165, 1.54) is 30.3 Å². The second kappa shape index (κ2) is 32.0. The normalized spacial score (nSPS) is 11.2. The number of hydrogen-bond donors (Lipinski definition) is 3. The van der Waals surface area contributed by atoms with E-state index >= 15 is 0 Å². The first kappa shape index (κ1) is 56.2. The minimum atomic E-state index is -0.935. The smallest absolute Gasteiger partial charge is 0.251 e. The van der Waals surface area contributed by atoms with Crippen molar-refractivity contribution in [2.24, 2.45) is 0 Å². The molecule has 0 aliphatic rings. The molecule has 0 radical (unpaired) electrons. The van der Waals surface area contributed by atoms with Gasteiger partial charge in [-0.05, 0) is 73.5 Å². The average molecular weight is 927 g/mol. The fourth-order valence-corrected chi connectivity index (χ4v) is 5.71. The van der Waals surface area contributed by atoms with Gasteiger partial charge in [0.1, 0.15) is 44.7 Å². The molecule has 4 aromatic rings. The zero-order chi connectivity index (χ0) is 46.6. The molecule has 3 N–H and O–H groups in total. The highest BCUT2D eigenvalue weighted by molar-refractivity contribution is 6.28. The van der Waals surface area contributed by atoms with Gasteiger partial charge in [-0.3, -0.25) is 19.2 Å². The summed E-state index contributed by atoms with van der Waals surface area (Å²) >= 11 is 5.62. The fourth-order valence-electron chi connectivity index (χ4n) is 5.52. The summed E-state index contributed by atoms with van der Waals surface area (Å²) in [6, 6.07) is 17.5. The third-order valence-electron chi connectivity index (χ3n) is 8.81. The third kappa shape index (κ3) is 20.6. The molecule has 0 aliphatic heterocycles. The second-order valence-corrected chi connectivity index (χ2v) is 13.9. The Bertz CT molecular complexity index is 1990. The van der Waals surface area contributed by atoms with Gasteiger partial charge < -0.3 is 30.0 Å². The highest BCUT2D eigenvalue weighted by Gasteiger charge is 2.24. The third-order valence-corrected chi connectivity index (χ3v) is 9.08. The van der Waals surface area contributed by atoms with E-state index in [0.29, 0.717) is 36.3 Å². The van der Waals surface area contributed by atoms with Crippen LogP contribution in [-0.2, 0) is 9.59 Å². The van der Waals surface area contributed by atoms with Gasteiger partial charge >= 0.3 is 0 Å². The number of amides is 2. The summed E-state index contributed by atoms with van der Waals surface area (Å²) in [7, 11) is 0. The maximum atomic E-state index is 13.7. The van der Waals surface area contributed by atoms with Crippen molar-refractivity contribution in [2.45, 2.75) is 84.7 Å². The van der Waals surface area contributed by atoms with Crippen LogP contribution in [0.1, 0.15) is 93.4 Å². The van der Waals surface area contributed by atoms with E-state index in [-0.39, 0.29) is 43.8 Å². The standard InChI is InChI=1S/C23H26F3NO4.C17H23ClFNO3.C6H4F2O.CH4/c1-2-3-4-11-20(21(28)15-31-22-18(25)9-6-10-19(22)26)27-23(29)16-7-5-8-17(14-16)30-13-12-24;1-2-3-4-8-15(16(21)12-18)20-17(22)13-6-5-7-14(11-13)23-10-9-19;7-4-2-1-3-5(8)6(4)9;/h5-10,14,20H,2-4,11-13,15H2,1H3,(H,27,29);5-7,11,15H,2-4,8-10,12H2,1H3,(H,20,22);1-3,9H;1H4/t20-;15-;;/m00../s1. The van der Waals surface area contributed by atoms with E-state index in [9.17, 15) is 45.5 Å². The van der Waals surface area contributed by atoms with E-state index in [1.807, 2.05) is 6.92 Å². The van der Waals surface area contributed by atoms with Gasteiger partial charge in [-0.2, -0.15) is 0 Å². The van der Waals surface area contributed by atoms with Crippen molar-refractivity contribution in [3.8, 4) is 23.0 Å². The predicted molar refractivity (Wildman–Crippen MR) is 234 cm³/mol. The number of phenols is 1. The Morgan fingerprint density at radius 1 is 0.609 bits per heavy atom. The maximum Gasteiger partial charge on any atom is 0.251 e. The Morgan fingerprint density at radius 3 is 1.41 bits per heavy atom. The molecule has 4 aromatic carbocycles. The number of ketones is 2. The maximum absolute atomic E-state index is 13.7. The molecule has 0 heterocycles. The van der Waals surface area contributed by atoms with Crippen molar-refractivity contribution in [1.82, 2.24) is 10.6 Å². The topological polar surface area (TPSA) is 140 Å². The van der Waals surface area contributed by atoms with E-state index < -0.39 is 78.5 Å². The fraction of sp³-hybridized carbons (Fsp3) is 0.404. The summed E-state index contributed by atoms with van der Waals surface area (Å²) in [5.74, 6) is -6.20. The number of nitrogens with one attached hydrogen (secondary N) is 2. The molecule has 0 aromatic heterocycles. The molecular weight excluding hydrogens is 870 g/mol. The van der Waals surface area contributed by atoms with Gasteiger partial charge in [0.25, 0.3) is 11.8 Å². The average Bonchev–Trinajstić information content (AvgIpc) is 3.28. The molecule has 10 nitrogen and oxygen atoms in total. The lowest BCUT2D eigenvalue weighted by Crippen LogP contribution is -2.43. The van der Waals surface area contributed by atoms with Crippen LogP contribution in [0.4, 0.5) is 26.3 Å². The minimum absolute atomic E-state index is 0. The molecule has 0 aliphatic carbocycles. The SMILES string of the molecule is C.CCCCC[C@H](NC(=O)c1cccc(OCCF)c1)C(=O)CCl.CCCCC[C@H](NC(=O)c1cccc(OCCF)c1)C(=O)COc1c(F)cccc1F.Oc1c(F)cccc1F. The van der Waals surface area contributed by atoms with Crippen molar-refractivity contribution in [3.63, 3.8) is 0 Å². The summed E-state index contributed by atoms with van der Waals surface area (Å²) < 4.78 is 91.4. The van der Waals surface area contributed by atoms with E-state index in [1.54, 1.807) is 30.3 Å². The van der Waals surface area contributed by atoms with Crippen LogP contribution in [0.5, 0.6) is 23.0 Å². The van der Waals surface area contributed by atoms with Gasteiger partial charge in [0.2, 0.25) is 0 Å². The lowest BCUT2D eigenvalue weighted by Gasteiger charge is -2.18. The van der Waals surface area contributed by atoms with Crippen LogP contribution >= 0.6 is 11.6 Å². The number of alkyl halides is 3. The van der Waals surface area contributed by atoms with Gasteiger partial charge in [-0.25, -0.2) is 26.3 Å². The van der Waals surface area contributed by atoms with Crippen LogP contribution in [0, 0.1) is 23.3 Å². The largest absolute Gasteiger partial charge is 0.503 e. The van der Waals surface area contributed by atoms with Gasteiger partial charge in [0.05, 0.1) is 18.0 Å². The number of Topliss-reactive ketones (excluding diaryl/α,β-unsaturated/α-hetero) is 2. The van der Waals surface area contributed by atoms with E-state index in [2.05, 4.69) is 17.6 Å². The number of carbonyl (C=O) groups is 4. The predicted octanol–water partition coefficient (Wildman–Crippen LogP) is 10.5. The van der Waals surface area contributed by atoms with Crippen molar-refractivity contribution in [1.29, 1.82) is 0 Å². The van der Waals surface area contributed by atoms with Gasteiger partial charge in [0.15, 0.2) is 46.3 Å². The van der Waals surface area contributed by atoms with Crippen molar-refractivity contribution >= 4 is 35.0 Å². The molecule has 2 amide bonds. The lowest BCUT2D eigenvalue weighted by atomic mass is 10.0. The first-order valence-electron chi connectivity index (χ1n) is 20.3. The molecule has 4 rings (SSSR count). The number of aromatic hydroxyl groups is 1. The zero-order valence-corrected chi connectivity index (χ0v) is 35.8. The molecule has 2 atom stereocenters. The molecule has 0 saturated carbocycles. The van der Waals surface area contributed by atoms with E-state index in [4.69, 9.17) is 30.9 Å². The molecule has 0 unspecified atom stereocenters. The number of ether oxygens (including phenoxy) is 3. The number of unbranched alkanes of at least 4 members (excludes halogenated alkanes) is 4. The quantitative estimate of drug-likeness (QED) is 0.0359. The first-order valence-corrected chi connectivity index (χ1v) is 20.8. The number of para-hydroxylation sites is 2. The lowest BCUT2D eigenvalue weighted by molar-refractivity contribution is -0.123.